The van der Waals surface area contributed by atoms with Crippen LogP contribution in [0.15, 0.2) is 48.7 Å². The van der Waals surface area contributed by atoms with Gasteiger partial charge in [0.15, 0.2) is 17.4 Å². The largest absolute Gasteiger partial charge is 0.453 e. The smallest absolute Gasteiger partial charge is 0.329 e. The normalized spacial score (nSPS) is 22.9. The summed E-state index contributed by atoms with van der Waals surface area (Å²) in [4.78, 5) is 37.3. The topological polar surface area (TPSA) is 188 Å². The summed E-state index contributed by atoms with van der Waals surface area (Å²) in [6.45, 7) is 3.70. The van der Waals surface area contributed by atoms with Crippen molar-refractivity contribution in [2.75, 3.05) is 49.5 Å². The number of carbonyl (C=O) groups excluding carboxylic acids is 2. The van der Waals surface area contributed by atoms with Crippen molar-refractivity contribution in [2.24, 2.45) is 7.05 Å². The molecule has 3 saturated heterocycles. The second-order valence-electron chi connectivity index (χ2n) is 17.1. The lowest BCUT2D eigenvalue weighted by Gasteiger charge is -2.45. The number of carbonyl (C=O) groups is 2. The molecule has 1 saturated carbocycles. The van der Waals surface area contributed by atoms with Crippen molar-refractivity contribution >= 4 is 55.6 Å². The lowest BCUT2D eigenvalue weighted by Crippen LogP contribution is -2.52. The number of imide groups is 1. The van der Waals surface area contributed by atoms with Gasteiger partial charge in [-0.3, -0.25) is 34.3 Å². The Morgan fingerprint density at radius 2 is 1.86 bits per heavy atom. The number of alkyl halides is 1. The second kappa shape index (κ2) is 16.9. The van der Waals surface area contributed by atoms with E-state index in [-0.39, 0.29) is 72.5 Å². The number of amides is 3. The molecule has 5 heterocycles. The molecule has 4 atom stereocenters. The fourth-order valence-corrected chi connectivity index (χ4v) is 10.6. The van der Waals surface area contributed by atoms with Crippen LogP contribution in [0.1, 0.15) is 80.5 Å². The molecule has 0 bridgehead atoms. The van der Waals surface area contributed by atoms with Gasteiger partial charge in [0.1, 0.15) is 29.4 Å². The Balaban J connectivity index is 0.831. The highest BCUT2D eigenvalue weighted by molar-refractivity contribution is 7.90. The van der Waals surface area contributed by atoms with Crippen molar-refractivity contribution < 1.29 is 40.7 Å². The summed E-state index contributed by atoms with van der Waals surface area (Å²) in [6.07, 6.45) is 4.16. The summed E-state index contributed by atoms with van der Waals surface area (Å²) >= 11 is 0. The number of hydrogen-bond donors (Lipinski definition) is 2. The molecule has 9 rings (SSSR count). The number of piperidine rings is 1. The number of ether oxygens (including phenoxy) is 2. The van der Waals surface area contributed by atoms with E-state index in [0.717, 1.165) is 10.4 Å². The zero-order chi connectivity index (χ0) is 45.1. The summed E-state index contributed by atoms with van der Waals surface area (Å²) in [5.74, 6) is -2.08. The van der Waals surface area contributed by atoms with Crippen LogP contribution in [0.2, 0.25) is 0 Å². The molecule has 1 spiro atoms. The van der Waals surface area contributed by atoms with Crippen LogP contribution in [0.3, 0.4) is 0 Å². The first-order valence-corrected chi connectivity index (χ1v) is 22.8. The van der Waals surface area contributed by atoms with Crippen molar-refractivity contribution in [1.82, 2.24) is 34.3 Å². The maximum Gasteiger partial charge on any atom is 0.329 e. The van der Waals surface area contributed by atoms with E-state index in [9.17, 15) is 23.3 Å². The second-order valence-corrected chi connectivity index (χ2v) is 18.9. The van der Waals surface area contributed by atoms with Gasteiger partial charge in [-0.05, 0) is 86.4 Å². The number of urea groups is 1. The maximum absolute atomic E-state index is 16.1. The average molecular weight is 901 g/mol. The van der Waals surface area contributed by atoms with E-state index >= 15 is 13.2 Å². The van der Waals surface area contributed by atoms with Crippen LogP contribution in [0.5, 0.6) is 11.5 Å². The molecule has 20 heteroatoms. The number of aromatic nitrogens is 4. The highest BCUT2D eigenvalue weighted by atomic mass is 32.2. The molecule has 4 fully saturated rings. The lowest BCUT2D eigenvalue weighted by molar-refractivity contribution is -0.120. The van der Waals surface area contributed by atoms with Crippen molar-refractivity contribution in [3.8, 4) is 17.6 Å². The van der Waals surface area contributed by atoms with E-state index in [0.29, 0.717) is 85.0 Å². The van der Waals surface area contributed by atoms with Gasteiger partial charge in [-0.25, -0.2) is 22.9 Å². The van der Waals surface area contributed by atoms with Crippen LogP contribution < -0.4 is 19.7 Å². The Morgan fingerprint density at radius 3 is 2.59 bits per heavy atom. The van der Waals surface area contributed by atoms with E-state index < -0.39 is 45.4 Å². The number of halogens is 3. The monoisotopic (exact) mass is 900 g/mol. The summed E-state index contributed by atoms with van der Waals surface area (Å²) < 4.78 is 89.7. The third kappa shape index (κ3) is 8.10. The van der Waals surface area contributed by atoms with Crippen LogP contribution in [0, 0.1) is 23.0 Å². The molecular formula is C44H47F3N10O6S. The molecule has 0 radical (unpaired) electrons. The number of nitriles is 1. The van der Waals surface area contributed by atoms with Crippen LogP contribution in [-0.2, 0) is 26.8 Å². The van der Waals surface area contributed by atoms with Crippen LogP contribution in [-0.4, -0.2) is 107 Å². The minimum atomic E-state index is -4.00. The van der Waals surface area contributed by atoms with Gasteiger partial charge in [0, 0.05) is 76.3 Å². The summed E-state index contributed by atoms with van der Waals surface area (Å²) in [5.41, 5.74) is 1.96. The number of nitrogens with one attached hydrogen (secondary N) is 2. The van der Waals surface area contributed by atoms with Crippen molar-refractivity contribution in [2.45, 2.75) is 81.5 Å². The van der Waals surface area contributed by atoms with Gasteiger partial charge in [-0.2, -0.15) is 23.1 Å². The van der Waals surface area contributed by atoms with Gasteiger partial charge in [-0.15, -0.1) is 0 Å². The number of benzene rings is 3. The Labute approximate surface area is 367 Å². The standard InChI is InChI=1S/C44H47F3N10O6S/c1-4-54(2)64(60,61)53-34-9-7-31(45)41(30(34)22-48)63-27-6-8-35-36(18-27)50-37(23-49-35)26-21-44(62-24-26)12-15-56(16-13-44)38-10-5-25(17-33(38)47)28-20-39-29(19-32(28)46)42(52-55(39)3)57-14-11-40(58)51-43(57)59/h6-9,18-20,23,25-26,33,38,53H,4-5,10-17,21,24H2,1-3H3,(H,51,58,59)/t25-,26+,33?,38-/m0/s1. The predicted molar refractivity (Wildman–Crippen MR) is 230 cm³/mol. The third-order valence-electron chi connectivity index (χ3n) is 13.3. The quantitative estimate of drug-likeness (QED) is 0.155. The Kier molecular flexibility index (Phi) is 11.5. The third-order valence-corrected chi connectivity index (χ3v) is 14.9. The van der Waals surface area contributed by atoms with Crippen LogP contribution in [0.4, 0.5) is 29.5 Å². The molecule has 4 aliphatic rings. The molecule has 3 aromatic carbocycles. The molecule has 1 unspecified atom stereocenters. The number of likely N-dealkylation sites (tertiary alicyclic amines) is 1. The van der Waals surface area contributed by atoms with Gasteiger partial charge in [0.25, 0.3) is 0 Å². The van der Waals surface area contributed by atoms with Crippen molar-refractivity contribution in [3.63, 3.8) is 0 Å². The highest BCUT2D eigenvalue weighted by Crippen LogP contribution is 2.45. The number of nitrogens with zero attached hydrogens (tertiary/aromatic N) is 8. The first kappa shape index (κ1) is 43.4. The van der Waals surface area contributed by atoms with Gasteiger partial charge < -0.3 is 9.47 Å². The molecule has 336 valence electrons. The van der Waals surface area contributed by atoms with E-state index in [1.54, 1.807) is 49.1 Å². The number of hydrogen-bond acceptors (Lipinski definition) is 11. The molecule has 1 aliphatic carbocycles. The fraction of sp³-hybridized carbons (Fsp3) is 0.455. The molecule has 2 aromatic heterocycles. The van der Waals surface area contributed by atoms with Crippen molar-refractivity contribution in [3.05, 3.63) is 77.1 Å². The zero-order valence-corrected chi connectivity index (χ0v) is 36.3. The summed E-state index contributed by atoms with van der Waals surface area (Å²) in [5, 5.41) is 17.1. The van der Waals surface area contributed by atoms with Gasteiger partial charge >= 0.3 is 16.2 Å². The Bertz CT molecular complexity index is 2830. The van der Waals surface area contributed by atoms with Gasteiger partial charge in [0.05, 0.1) is 40.1 Å². The number of rotatable bonds is 10. The fourth-order valence-electron chi connectivity index (χ4n) is 9.62. The average Bonchev–Trinajstić information content (AvgIpc) is 3.83. The number of anilines is 2. The molecular weight excluding hydrogens is 854 g/mol. The van der Waals surface area contributed by atoms with E-state index in [1.807, 2.05) is 6.07 Å². The van der Waals surface area contributed by atoms with Crippen molar-refractivity contribution in [1.29, 1.82) is 5.26 Å². The Hall–Kier alpha value is -5.88. The van der Waals surface area contributed by atoms with Crippen LogP contribution in [0.25, 0.3) is 21.9 Å². The lowest BCUT2D eigenvalue weighted by atomic mass is 9.78. The van der Waals surface area contributed by atoms with Crippen LogP contribution >= 0.6 is 0 Å². The highest BCUT2D eigenvalue weighted by Gasteiger charge is 2.46. The molecule has 2 N–H and O–H groups in total. The molecule has 5 aromatic rings. The minimum absolute atomic E-state index is 0.0602. The molecule has 16 nitrogen and oxygen atoms in total. The van der Waals surface area contributed by atoms with E-state index in [4.69, 9.17) is 14.5 Å². The zero-order valence-electron chi connectivity index (χ0n) is 35.5. The Morgan fingerprint density at radius 1 is 1.06 bits per heavy atom. The molecule has 3 amide bonds. The molecule has 64 heavy (non-hydrogen) atoms. The van der Waals surface area contributed by atoms with Gasteiger partial charge in [0.2, 0.25) is 5.91 Å². The van der Waals surface area contributed by atoms with Gasteiger partial charge in [-0.1, -0.05) is 6.92 Å². The van der Waals surface area contributed by atoms with E-state index in [2.05, 4.69) is 25.0 Å². The maximum atomic E-state index is 16.1. The summed E-state index contributed by atoms with van der Waals surface area (Å²) in [7, 11) is -0.919. The summed E-state index contributed by atoms with van der Waals surface area (Å²) in [6, 6.07) is 11.1. The molecule has 3 aliphatic heterocycles. The predicted octanol–water partition coefficient (Wildman–Crippen LogP) is 6.53. The first-order chi connectivity index (χ1) is 30.7. The SMILES string of the molecule is CCN(C)S(=O)(=O)Nc1ccc(F)c(Oc2ccc3ncc([C@H]4COC5(CCN([C@H]6CC[C@H](c7cc8c(cc7F)c(N7CCC(=O)NC7=O)nn8C)CC6F)CC5)C4)nc3c2)c1C#N. The number of aryl methyl sites for hydroxylation is 1. The van der Waals surface area contributed by atoms with E-state index in [1.165, 1.54) is 24.1 Å². The number of fused-ring (bicyclic) bond motifs is 2. The minimum Gasteiger partial charge on any atom is -0.453 e. The first-order valence-electron chi connectivity index (χ1n) is 21.4.